The molecule has 0 saturated heterocycles. The lowest BCUT2D eigenvalue weighted by Crippen LogP contribution is -2.31. The van der Waals surface area contributed by atoms with E-state index in [4.69, 9.17) is 4.74 Å². The fourth-order valence-corrected chi connectivity index (χ4v) is 2.44. The van der Waals surface area contributed by atoms with Crippen LogP contribution in [0.5, 0.6) is 0 Å². The molecule has 0 spiro atoms. The molecule has 3 nitrogen and oxygen atoms in total. The zero-order valence-electron chi connectivity index (χ0n) is 14.1. The van der Waals surface area contributed by atoms with Gasteiger partial charge in [-0.15, -0.1) is 0 Å². The fourth-order valence-electron chi connectivity index (χ4n) is 2.44. The lowest BCUT2D eigenvalue weighted by Gasteiger charge is -2.28. The third-order valence-electron chi connectivity index (χ3n) is 3.84. The highest BCUT2D eigenvalue weighted by atomic mass is 16.5. The number of nitrogens with zero attached hydrogens (tertiary/aromatic N) is 1. The molecule has 3 heteroatoms. The van der Waals surface area contributed by atoms with E-state index < -0.39 is 5.41 Å². The van der Waals surface area contributed by atoms with Crippen LogP contribution in [0.15, 0.2) is 30.3 Å². The second-order valence-corrected chi connectivity index (χ2v) is 6.54. The Bertz CT molecular complexity index is 427. The Balaban J connectivity index is -0.000000551. The number of rotatable bonds is 8. The molecule has 1 atom stereocenters. The molecule has 1 unspecified atom stereocenters. The standard InChI is InChI=1S/C18H29NO2.4CH4/c1-6-15(16-10-8-7-9-11-16)14-18(2,3)17(20)21-13-12-19(4)5;;;;/h7-11,15H,6,12-14H2,1-5H3;4*1H4. The van der Waals surface area contributed by atoms with Crippen molar-refractivity contribution in [1.29, 1.82) is 0 Å². The summed E-state index contributed by atoms with van der Waals surface area (Å²) in [6.07, 6.45) is 1.84. The van der Waals surface area contributed by atoms with Crippen molar-refractivity contribution >= 4 is 5.97 Å². The average molecular weight is 356 g/mol. The van der Waals surface area contributed by atoms with Gasteiger partial charge in [-0.05, 0) is 52.3 Å². The second-order valence-electron chi connectivity index (χ2n) is 6.54. The summed E-state index contributed by atoms with van der Waals surface area (Å²) in [6, 6.07) is 10.4. The Labute approximate surface area is 158 Å². The van der Waals surface area contributed by atoms with Crippen LogP contribution in [0, 0.1) is 5.41 Å². The average Bonchev–Trinajstić information content (AvgIpc) is 2.45. The van der Waals surface area contributed by atoms with E-state index in [2.05, 4.69) is 31.2 Å². The molecule has 0 aliphatic rings. The second kappa shape index (κ2) is 14.9. The first kappa shape index (κ1) is 31.4. The molecule has 0 N–H and O–H groups in total. The summed E-state index contributed by atoms with van der Waals surface area (Å²) in [5, 5.41) is 0. The van der Waals surface area contributed by atoms with Crippen molar-refractivity contribution in [3.63, 3.8) is 0 Å². The van der Waals surface area contributed by atoms with E-state index in [1.165, 1.54) is 5.56 Å². The third-order valence-corrected chi connectivity index (χ3v) is 3.84. The summed E-state index contributed by atoms with van der Waals surface area (Å²) in [5.74, 6) is 0.293. The van der Waals surface area contributed by atoms with Crippen LogP contribution in [0.25, 0.3) is 0 Å². The monoisotopic (exact) mass is 355 g/mol. The van der Waals surface area contributed by atoms with Crippen molar-refractivity contribution in [3.8, 4) is 0 Å². The Morgan fingerprint density at radius 1 is 1.08 bits per heavy atom. The SMILES string of the molecule is C.C.C.C.CCC(CC(C)(C)C(=O)OCCN(C)C)c1ccccc1. The normalized spacial score (nSPS) is 11.1. The van der Waals surface area contributed by atoms with Crippen molar-refractivity contribution in [1.82, 2.24) is 4.90 Å². The van der Waals surface area contributed by atoms with Gasteiger partial charge >= 0.3 is 5.97 Å². The highest BCUT2D eigenvalue weighted by Crippen LogP contribution is 2.34. The number of ether oxygens (including phenoxy) is 1. The van der Waals surface area contributed by atoms with Crippen LogP contribution in [0.2, 0.25) is 0 Å². The van der Waals surface area contributed by atoms with Gasteiger partial charge in [0, 0.05) is 6.54 Å². The molecule has 0 fully saturated rings. The van der Waals surface area contributed by atoms with Gasteiger partial charge < -0.3 is 9.64 Å². The van der Waals surface area contributed by atoms with Crippen LogP contribution in [0.4, 0.5) is 0 Å². The number of hydrogen-bond acceptors (Lipinski definition) is 3. The Morgan fingerprint density at radius 3 is 2.04 bits per heavy atom. The number of carbonyl (C=O) groups is 1. The van der Waals surface area contributed by atoms with E-state index in [9.17, 15) is 4.79 Å². The fraction of sp³-hybridized carbons (Fsp3) is 0.682. The minimum atomic E-state index is -0.456. The molecular formula is C22H45NO2. The summed E-state index contributed by atoms with van der Waals surface area (Å²) in [6.45, 7) is 7.35. The lowest BCUT2D eigenvalue weighted by molar-refractivity contribution is -0.154. The summed E-state index contributed by atoms with van der Waals surface area (Å²) >= 11 is 0. The van der Waals surface area contributed by atoms with Gasteiger partial charge in [0.2, 0.25) is 0 Å². The number of likely N-dealkylation sites (N-methyl/N-ethyl adjacent to an activating group) is 1. The van der Waals surface area contributed by atoms with E-state index in [1.807, 2.05) is 38.9 Å². The van der Waals surface area contributed by atoms with E-state index >= 15 is 0 Å². The van der Waals surface area contributed by atoms with E-state index in [0.29, 0.717) is 12.5 Å². The van der Waals surface area contributed by atoms with Crippen molar-refractivity contribution in [2.45, 2.75) is 69.2 Å². The molecule has 0 radical (unpaired) electrons. The predicted molar refractivity (Wildman–Crippen MR) is 114 cm³/mol. The van der Waals surface area contributed by atoms with Crippen LogP contribution < -0.4 is 0 Å². The predicted octanol–water partition coefficient (Wildman–Crippen LogP) is 6.25. The van der Waals surface area contributed by atoms with Gasteiger partial charge in [0.25, 0.3) is 0 Å². The highest BCUT2D eigenvalue weighted by molar-refractivity contribution is 5.76. The number of esters is 1. The maximum atomic E-state index is 12.3. The third kappa shape index (κ3) is 11.0. The maximum absolute atomic E-state index is 12.3. The van der Waals surface area contributed by atoms with Crippen LogP contribution >= 0.6 is 0 Å². The van der Waals surface area contributed by atoms with Gasteiger partial charge in [-0.3, -0.25) is 4.79 Å². The smallest absolute Gasteiger partial charge is 0.311 e. The summed E-state index contributed by atoms with van der Waals surface area (Å²) in [5.41, 5.74) is 0.845. The minimum Gasteiger partial charge on any atom is -0.464 e. The lowest BCUT2D eigenvalue weighted by atomic mass is 9.79. The molecule has 0 bridgehead atoms. The number of benzene rings is 1. The molecule has 0 aliphatic carbocycles. The van der Waals surface area contributed by atoms with Gasteiger partial charge in [0.1, 0.15) is 6.61 Å². The largest absolute Gasteiger partial charge is 0.464 e. The first-order chi connectivity index (χ1) is 9.86. The number of carbonyl (C=O) groups excluding carboxylic acids is 1. The Kier molecular flexibility index (Phi) is 18.8. The van der Waals surface area contributed by atoms with Crippen molar-refractivity contribution in [2.24, 2.45) is 5.41 Å². The van der Waals surface area contributed by atoms with Gasteiger partial charge in [0.05, 0.1) is 5.41 Å². The van der Waals surface area contributed by atoms with Crippen LogP contribution in [-0.4, -0.2) is 38.1 Å². The van der Waals surface area contributed by atoms with Crippen LogP contribution in [-0.2, 0) is 9.53 Å². The molecule has 1 rings (SSSR count). The first-order valence-corrected chi connectivity index (χ1v) is 7.73. The van der Waals surface area contributed by atoms with Crippen LogP contribution in [0.1, 0.15) is 74.8 Å². The maximum Gasteiger partial charge on any atom is 0.311 e. The Morgan fingerprint density at radius 2 is 1.60 bits per heavy atom. The first-order valence-electron chi connectivity index (χ1n) is 7.73. The van der Waals surface area contributed by atoms with Gasteiger partial charge in [-0.2, -0.15) is 0 Å². The van der Waals surface area contributed by atoms with Crippen molar-refractivity contribution in [2.75, 3.05) is 27.2 Å². The Hall–Kier alpha value is -1.35. The van der Waals surface area contributed by atoms with Gasteiger partial charge in [-0.25, -0.2) is 0 Å². The van der Waals surface area contributed by atoms with E-state index in [1.54, 1.807) is 0 Å². The molecule has 0 heterocycles. The molecular weight excluding hydrogens is 310 g/mol. The molecule has 1 aromatic rings. The van der Waals surface area contributed by atoms with Gasteiger partial charge in [0.15, 0.2) is 0 Å². The molecule has 25 heavy (non-hydrogen) atoms. The van der Waals surface area contributed by atoms with E-state index in [-0.39, 0.29) is 35.7 Å². The topological polar surface area (TPSA) is 29.5 Å². The van der Waals surface area contributed by atoms with Crippen molar-refractivity contribution < 1.29 is 9.53 Å². The van der Waals surface area contributed by atoms with E-state index in [0.717, 1.165) is 19.4 Å². The quantitative estimate of drug-likeness (QED) is 0.516. The molecule has 0 aliphatic heterocycles. The van der Waals surface area contributed by atoms with Crippen LogP contribution in [0.3, 0.4) is 0 Å². The highest BCUT2D eigenvalue weighted by Gasteiger charge is 2.32. The zero-order chi connectivity index (χ0) is 15.9. The number of hydrogen-bond donors (Lipinski definition) is 0. The molecule has 0 saturated carbocycles. The molecule has 150 valence electrons. The minimum absolute atomic E-state index is 0. The molecule has 1 aromatic carbocycles. The van der Waals surface area contributed by atoms with Crippen molar-refractivity contribution in [3.05, 3.63) is 35.9 Å². The molecule has 0 amide bonds. The summed E-state index contributed by atoms with van der Waals surface area (Å²) < 4.78 is 5.42. The zero-order valence-corrected chi connectivity index (χ0v) is 14.1. The molecule has 0 aromatic heterocycles. The summed E-state index contributed by atoms with van der Waals surface area (Å²) in [7, 11) is 3.95. The summed E-state index contributed by atoms with van der Waals surface area (Å²) in [4.78, 5) is 14.3. The van der Waals surface area contributed by atoms with Gasteiger partial charge in [-0.1, -0.05) is 67.0 Å².